The van der Waals surface area contributed by atoms with E-state index in [-0.39, 0.29) is 11.4 Å². The minimum absolute atomic E-state index is 0.0776. The summed E-state index contributed by atoms with van der Waals surface area (Å²) in [6, 6.07) is 0. The Morgan fingerprint density at radius 2 is 1.79 bits per heavy atom. The maximum atomic E-state index is 11.6. The smallest absolute Gasteiger partial charge is 0.220 e. The first-order chi connectivity index (χ1) is 6.47. The summed E-state index contributed by atoms with van der Waals surface area (Å²) >= 11 is 0. The van der Waals surface area contributed by atoms with E-state index in [1.165, 1.54) is 32.1 Å². The molecule has 0 aromatic carbocycles. The van der Waals surface area contributed by atoms with Gasteiger partial charge in [-0.1, -0.05) is 19.3 Å². The minimum atomic E-state index is -0.0776. The van der Waals surface area contributed by atoms with Crippen LogP contribution in [0, 0.1) is 5.92 Å². The Balaban J connectivity index is 2.25. The predicted molar refractivity (Wildman–Crippen MR) is 59.1 cm³/mol. The molecule has 0 aromatic rings. The number of carbonyl (C=O) groups is 1. The molecule has 0 radical (unpaired) electrons. The summed E-state index contributed by atoms with van der Waals surface area (Å²) in [6.45, 7) is 6.10. The molecule has 1 fully saturated rings. The zero-order valence-electron chi connectivity index (χ0n) is 9.73. The van der Waals surface area contributed by atoms with Crippen LogP contribution in [0.25, 0.3) is 0 Å². The number of hydrogen-bond acceptors (Lipinski definition) is 1. The molecule has 0 heterocycles. The van der Waals surface area contributed by atoms with Gasteiger partial charge in [-0.2, -0.15) is 0 Å². The van der Waals surface area contributed by atoms with Crippen LogP contribution < -0.4 is 5.32 Å². The quantitative estimate of drug-likeness (QED) is 0.724. The molecule has 0 aliphatic heterocycles. The van der Waals surface area contributed by atoms with Crippen molar-refractivity contribution in [3.63, 3.8) is 0 Å². The normalized spacial score (nSPS) is 19.4. The van der Waals surface area contributed by atoms with Crippen molar-refractivity contribution in [2.45, 2.75) is 64.8 Å². The van der Waals surface area contributed by atoms with E-state index in [9.17, 15) is 4.79 Å². The summed E-state index contributed by atoms with van der Waals surface area (Å²) in [4.78, 5) is 11.6. The topological polar surface area (TPSA) is 29.1 Å². The first-order valence-corrected chi connectivity index (χ1v) is 5.78. The molecule has 0 unspecified atom stereocenters. The van der Waals surface area contributed by atoms with E-state index >= 15 is 0 Å². The molecule has 0 spiro atoms. The van der Waals surface area contributed by atoms with Crippen LogP contribution in [0.3, 0.4) is 0 Å². The van der Waals surface area contributed by atoms with Crippen LogP contribution in [0.1, 0.15) is 59.3 Å². The zero-order valence-corrected chi connectivity index (χ0v) is 9.73. The van der Waals surface area contributed by atoms with Crippen LogP contribution in [-0.4, -0.2) is 11.4 Å². The Bertz CT molecular complexity index is 187. The molecule has 1 aliphatic rings. The lowest BCUT2D eigenvalue weighted by atomic mass is 9.86. The van der Waals surface area contributed by atoms with Gasteiger partial charge in [-0.15, -0.1) is 0 Å². The van der Waals surface area contributed by atoms with Gasteiger partial charge in [-0.3, -0.25) is 4.79 Å². The van der Waals surface area contributed by atoms with Gasteiger partial charge in [0.15, 0.2) is 0 Å². The second-order valence-electron chi connectivity index (χ2n) is 5.51. The molecule has 82 valence electrons. The average Bonchev–Trinajstić information content (AvgIpc) is 2.02. The van der Waals surface area contributed by atoms with E-state index in [4.69, 9.17) is 0 Å². The SMILES string of the molecule is CC(C)(C)NC(=O)CC1CCCCC1. The van der Waals surface area contributed by atoms with Crippen LogP contribution in [0.15, 0.2) is 0 Å². The number of nitrogens with one attached hydrogen (secondary N) is 1. The van der Waals surface area contributed by atoms with Gasteiger partial charge in [0.2, 0.25) is 5.91 Å². The fourth-order valence-corrected chi connectivity index (χ4v) is 2.12. The molecule has 2 heteroatoms. The number of hydrogen-bond donors (Lipinski definition) is 1. The van der Waals surface area contributed by atoms with Crippen molar-refractivity contribution in [3.8, 4) is 0 Å². The van der Waals surface area contributed by atoms with Gasteiger partial charge in [-0.25, -0.2) is 0 Å². The first kappa shape index (κ1) is 11.5. The molecule has 0 bridgehead atoms. The Hall–Kier alpha value is -0.530. The maximum absolute atomic E-state index is 11.6. The van der Waals surface area contributed by atoms with E-state index in [1.807, 2.05) is 20.8 Å². The highest BCUT2D eigenvalue weighted by Gasteiger charge is 2.19. The van der Waals surface area contributed by atoms with Crippen molar-refractivity contribution in [2.24, 2.45) is 5.92 Å². The fourth-order valence-electron chi connectivity index (χ4n) is 2.12. The molecule has 2 nitrogen and oxygen atoms in total. The van der Waals surface area contributed by atoms with Crippen LogP contribution in [0.5, 0.6) is 0 Å². The number of amides is 1. The largest absolute Gasteiger partial charge is 0.352 e. The summed E-state index contributed by atoms with van der Waals surface area (Å²) in [5, 5.41) is 3.03. The fraction of sp³-hybridized carbons (Fsp3) is 0.917. The van der Waals surface area contributed by atoms with Gasteiger partial charge in [-0.05, 0) is 39.5 Å². The van der Waals surface area contributed by atoms with E-state index in [1.54, 1.807) is 0 Å². The van der Waals surface area contributed by atoms with E-state index < -0.39 is 0 Å². The molecule has 1 amide bonds. The molecule has 0 atom stereocenters. The lowest BCUT2D eigenvalue weighted by Crippen LogP contribution is -2.41. The lowest BCUT2D eigenvalue weighted by Gasteiger charge is -2.25. The number of rotatable bonds is 2. The van der Waals surface area contributed by atoms with Crippen LogP contribution in [0.2, 0.25) is 0 Å². The zero-order chi connectivity index (χ0) is 10.6. The Kier molecular flexibility index (Phi) is 3.97. The van der Waals surface area contributed by atoms with Gasteiger partial charge in [0.1, 0.15) is 0 Å². The van der Waals surface area contributed by atoms with Gasteiger partial charge >= 0.3 is 0 Å². The van der Waals surface area contributed by atoms with Crippen molar-refractivity contribution < 1.29 is 4.79 Å². The van der Waals surface area contributed by atoms with Gasteiger partial charge in [0, 0.05) is 12.0 Å². The molecule has 14 heavy (non-hydrogen) atoms. The Morgan fingerprint density at radius 1 is 1.21 bits per heavy atom. The monoisotopic (exact) mass is 197 g/mol. The van der Waals surface area contributed by atoms with E-state index in [0.717, 1.165) is 6.42 Å². The highest BCUT2D eigenvalue weighted by Crippen LogP contribution is 2.26. The molecule has 0 saturated heterocycles. The van der Waals surface area contributed by atoms with Crippen LogP contribution in [0.4, 0.5) is 0 Å². The Morgan fingerprint density at radius 3 is 2.29 bits per heavy atom. The predicted octanol–water partition coefficient (Wildman–Crippen LogP) is 2.87. The second kappa shape index (κ2) is 4.81. The highest BCUT2D eigenvalue weighted by atomic mass is 16.1. The van der Waals surface area contributed by atoms with Crippen molar-refractivity contribution >= 4 is 5.91 Å². The molecule has 1 N–H and O–H groups in total. The van der Waals surface area contributed by atoms with Crippen molar-refractivity contribution in [2.75, 3.05) is 0 Å². The first-order valence-electron chi connectivity index (χ1n) is 5.78. The summed E-state index contributed by atoms with van der Waals surface area (Å²) in [6.07, 6.45) is 7.21. The molecule has 0 aromatic heterocycles. The minimum Gasteiger partial charge on any atom is -0.352 e. The van der Waals surface area contributed by atoms with Crippen LogP contribution >= 0.6 is 0 Å². The third-order valence-electron chi connectivity index (χ3n) is 2.71. The summed E-state index contributed by atoms with van der Waals surface area (Å²) < 4.78 is 0. The van der Waals surface area contributed by atoms with Crippen molar-refractivity contribution in [3.05, 3.63) is 0 Å². The lowest BCUT2D eigenvalue weighted by molar-refractivity contribution is -0.123. The maximum Gasteiger partial charge on any atom is 0.220 e. The molecule has 1 rings (SSSR count). The third-order valence-corrected chi connectivity index (χ3v) is 2.71. The average molecular weight is 197 g/mol. The number of carbonyl (C=O) groups excluding carboxylic acids is 1. The summed E-state index contributed by atoms with van der Waals surface area (Å²) in [5.74, 6) is 0.871. The van der Waals surface area contributed by atoms with Crippen molar-refractivity contribution in [1.29, 1.82) is 0 Å². The van der Waals surface area contributed by atoms with Gasteiger partial charge < -0.3 is 5.32 Å². The summed E-state index contributed by atoms with van der Waals surface area (Å²) in [5.41, 5.74) is -0.0776. The van der Waals surface area contributed by atoms with Gasteiger partial charge in [0.25, 0.3) is 0 Å². The van der Waals surface area contributed by atoms with Crippen molar-refractivity contribution in [1.82, 2.24) is 5.32 Å². The van der Waals surface area contributed by atoms with Gasteiger partial charge in [0.05, 0.1) is 0 Å². The second-order valence-corrected chi connectivity index (χ2v) is 5.51. The molecule has 1 aliphatic carbocycles. The molecular weight excluding hydrogens is 174 g/mol. The van der Waals surface area contributed by atoms with E-state index in [2.05, 4.69) is 5.32 Å². The summed E-state index contributed by atoms with van der Waals surface area (Å²) in [7, 11) is 0. The van der Waals surface area contributed by atoms with Crippen LogP contribution in [-0.2, 0) is 4.79 Å². The molecule has 1 saturated carbocycles. The van der Waals surface area contributed by atoms with E-state index in [0.29, 0.717) is 5.92 Å². The standard InChI is InChI=1S/C12H23NO/c1-12(2,3)13-11(14)9-10-7-5-4-6-8-10/h10H,4-9H2,1-3H3,(H,13,14). The molecular formula is C12H23NO. The highest BCUT2D eigenvalue weighted by molar-refractivity contribution is 5.76. The Labute approximate surface area is 87.5 Å². The third kappa shape index (κ3) is 4.64.